The molecule has 0 atom stereocenters. The van der Waals surface area contributed by atoms with Gasteiger partial charge in [-0.05, 0) is 97.0 Å². The van der Waals surface area contributed by atoms with Gasteiger partial charge in [-0.15, -0.1) is 0 Å². The number of hydrogen-bond donors (Lipinski definition) is 0. The molecule has 214 valence electrons. The van der Waals surface area contributed by atoms with Crippen molar-refractivity contribution in [2.75, 3.05) is 0 Å². The van der Waals surface area contributed by atoms with Crippen LogP contribution in [0, 0.1) is 27.7 Å². The van der Waals surface area contributed by atoms with Crippen molar-refractivity contribution < 1.29 is 0 Å². The van der Waals surface area contributed by atoms with Crippen LogP contribution < -0.4 is 0 Å². The molecule has 0 aliphatic carbocycles. The average Bonchev–Trinajstić information content (AvgIpc) is 2.92. The van der Waals surface area contributed by atoms with Gasteiger partial charge in [0.1, 0.15) is 0 Å². The van der Waals surface area contributed by atoms with Gasteiger partial charge in [-0.2, -0.15) is 0 Å². The second-order valence-electron chi connectivity index (χ2n) is 12.0. The maximum atomic E-state index is 2.40. The highest BCUT2D eigenvalue weighted by molar-refractivity contribution is 5.44. The fraction of sp³-hybridized carbons (Fsp3) is 0.400. The molecule has 0 saturated heterocycles. The van der Waals surface area contributed by atoms with E-state index in [-0.39, 0.29) is 5.41 Å². The summed E-state index contributed by atoms with van der Waals surface area (Å²) in [6.07, 6.45) is 5.65. The summed E-state index contributed by atoms with van der Waals surface area (Å²) in [7, 11) is 0. The summed E-state index contributed by atoms with van der Waals surface area (Å²) in [6, 6.07) is 32.0. The molecule has 4 rings (SSSR count). The first-order valence-electron chi connectivity index (χ1n) is 15.4. The Hall–Kier alpha value is -3.12. The van der Waals surface area contributed by atoms with Crippen molar-refractivity contribution in [2.24, 2.45) is 0 Å². The van der Waals surface area contributed by atoms with Gasteiger partial charge in [0.15, 0.2) is 0 Å². The Morgan fingerprint density at radius 2 is 0.925 bits per heavy atom. The molecular weight excluding hydrogens is 480 g/mol. The van der Waals surface area contributed by atoms with Gasteiger partial charge in [0.2, 0.25) is 0 Å². The smallest absolute Gasteiger partial charge is 0.0146 e. The molecule has 0 amide bonds. The first-order valence-corrected chi connectivity index (χ1v) is 15.4. The third kappa shape index (κ3) is 9.81. The molecule has 0 fully saturated rings. The summed E-state index contributed by atoms with van der Waals surface area (Å²) in [5.74, 6) is 0. The molecule has 4 aromatic carbocycles. The lowest BCUT2D eigenvalue weighted by Crippen LogP contribution is -2.19. The largest absolute Gasteiger partial charge is 0.0656 e. The van der Waals surface area contributed by atoms with Gasteiger partial charge in [0.25, 0.3) is 0 Å². The van der Waals surface area contributed by atoms with E-state index in [0.717, 1.165) is 19.3 Å². The maximum absolute atomic E-state index is 2.40. The van der Waals surface area contributed by atoms with Crippen LogP contribution in [0.15, 0.2) is 84.9 Å². The van der Waals surface area contributed by atoms with Crippen molar-refractivity contribution in [1.82, 2.24) is 0 Å². The lowest BCUT2D eigenvalue weighted by atomic mass is 9.76. The van der Waals surface area contributed by atoms with E-state index in [9.17, 15) is 0 Å². The molecule has 4 aromatic rings. The Morgan fingerprint density at radius 3 is 1.43 bits per heavy atom. The average molecular weight is 535 g/mol. The molecule has 0 unspecified atom stereocenters. The van der Waals surface area contributed by atoms with E-state index in [1.54, 1.807) is 0 Å². The predicted molar refractivity (Wildman–Crippen MR) is 179 cm³/mol. The van der Waals surface area contributed by atoms with Crippen molar-refractivity contribution >= 4 is 0 Å². The minimum absolute atomic E-state index is 0.00493. The fourth-order valence-electron chi connectivity index (χ4n) is 4.71. The molecule has 0 aliphatic rings. The standard InChI is InChI=1S/C34H38.2C3H8/c1-24-7-10-29(11-8-24)23-30-14-12-28(13-15-30)16-17-31-18-20-33(22-27(31)4)34(5,6)32-19-9-25(2)26(3)21-32;2*1-3-2/h7-15,18-22H,16-17,23H2,1-6H3;2*3H2,1-2H3. The van der Waals surface area contributed by atoms with Crippen molar-refractivity contribution in [2.45, 2.75) is 107 Å². The highest BCUT2D eigenvalue weighted by Gasteiger charge is 2.24. The van der Waals surface area contributed by atoms with Gasteiger partial charge in [-0.1, -0.05) is 145 Å². The topological polar surface area (TPSA) is 0 Å². The monoisotopic (exact) mass is 534 g/mol. The molecule has 0 bridgehead atoms. The summed E-state index contributed by atoms with van der Waals surface area (Å²) in [5.41, 5.74) is 13.8. The minimum atomic E-state index is -0.00493. The zero-order chi connectivity index (χ0) is 29.7. The molecular formula is C40H54. The lowest BCUT2D eigenvalue weighted by molar-refractivity contribution is 0.638. The van der Waals surface area contributed by atoms with Crippen LogP contribution >= 0.6 is 0 Å². The van der Waals surface area contributed by atoms with Gasteiger partial charge >= 0.3 is 0 Å². The molecule has 0 saturated carbocycles. The van der Waals surface area contributed by atoms with Gasteiger partial charge in [0.05, 0.1) is 0 Å². The molecule has 0 heterocycles. The first kappa shape index (κ1) is 33.1. The molecule has 0 aliphatic heterocycles. The minimum Gasteiger partial charge on any atom is -0.0656 e. The molecule has 0 radical (unpaired) electrons. The van der Waals surface area contributed by atoms with Crippen LogP contribution in [0.3, 0.4) is 0 Å². The lowest BCUT2D eigenvalue weighted by Gasteiger charge is -2.28. The molecule has 0 nitrogen and oxygen atoms in total. The van der Waals surface area contributed by atoms with Crippen LogP contribution in [-0.4, -0.2) is 0 Å². The zero-order valence-electron chi connectivity index (χ0n) is 27.1. The van der Waals surface area contributed by atoms with Crippen LogP contribution in [-0.2, 0) is 24.7 Å². The summed E-state index contributed by atoms with van der Waals surface area (Å²) >= 11 is 0. The fourth-order valence-corrected chi connectivity index (χ4v) is 4.71. The van der Waals surface area contributed by atoms with E-state index < -0.39 is 0 Å². The number of hydrogen-bond acceptors (Lipinski definition) is 0. The summed E-state index contributed by atoms with van der Waals surface area (Å²) in [5, 5.41) is 0. The van der Waals surface area contributed by atoms with E-state index >= 15 is 0 Å². The van der Waals surface area contributed by atoms with E-state index in [0.29, 0.717) is 0 Å². The Kier molecular flexibility index (Phi) is 13.4. The maximum Gasteiger partial charge on any atom is 0.0146 e. The van der Waals surface area contributed by atoms with Gasteiger partial charge < -0.3 is 0 Å². The summed E-state index contributed by atoms with van der Waals surface area (Å²) in [4.78, 5) is 0. The number of rotatable bonds is 7. The van der Waals surface area contributed by atoms with Crippen LogP contribution in [0.4, 0.5) is 0 Å². The van der Waals surface area contributed by atoms with Crippen molar-refractivity contribution in [1.29, 1.82) is 0 Å². The molecule has 0 aromatic heterocycles. The molecule has 0 heteroatoms. The quantitative estimate of drug-likeness (QED) is 0.221. The molecule has 0 spiro atoms. The Labute approximate surface area is 246 Å². The number of benzene rings is 4. The van der Waals surface area contributed by atoms with Gasteiger partial charge in [-0.3, -0.25) is 0 Å². The van der Waals surface area contributed by atoms with Crippen molar-refractivity contribution in [3.05, 3.63) is 141 Å². The Balaban J connectivity index is 0.000000858. The number of aryl methyl sites for hydroxylation is 6. The van der Waals surface area contributed by atoms with Crippen molar-refractivity contribution in [3.8, 4) is 0 Å². The van der Waals surface area contributed by atoms with E-state index in [1.165, 1.54) is 68.5 Å². The van der Waals surface area contributed by atoms with Crippen LogP contribution in [0.25, 0.3) is 0 Å². The van der Waals surface area contributed by atoms with E-state index in [4.69, 9.17) is 0 Å². The van der Waals surface area contributed by atoms with E-state index in [1.807, 2.05) is 0 Å². The third-order valence-electron chi connectivity index (χ3n) is 7.53. The van der Waals surface area contributed by atoms with Gasteiger partial charge in [0, 0.05) is 5.41 Å². The normalized spacial score (nSPS) is 10.8. The van der Waals surface area contributed by atoms with Crippen LogP contribution in [0.2, 0.25) is 0 Å². The Bertz CT molecular complexity index is 1290. The highest BCUT2D eigenvalue weighted by atomic mass is 14.3. The predicted octanol–water partition coefficient (Wildman–Crippen LogP) is 11.5. The SMILES string of the molecule is CCC.CCC.Cc1ccc(Cc2ccc(CCc3ccc(C(C)(C)c4ccc(C)c(C)c4)cc3C)cc2)cc1. The van der Waals surface area contributed by atoms with Crippen LogP contribution in [0.1, 0.15) is 110 Å². The second kappa shape index (κ2) is 16.2. The van der Waals surface area contributed by atoms with Crippen LogP contribution in [0.5, 0.6) is 0 Å². The molecule has 0 N–H and O–H groups in total. The van der Waals surface area contributed by atoms with E-state index in [2.05, 4.69) is 154 Å². The zero-order valence-corrected chi connectivity index (χ0v) is 27.1. The second-order valence-corrected chi connectivity index (χ2v) is 12.0. The highest BCUT2D eigenvalue weighted by Crippen LogP contribution is 2.33. The summed E-state index contributed by atoms with van der Waals surface area (Å²) < 4.78 is 0. The molecule has 40 heavy (non-hydrogen) atoms. The first-order chi connectivity index (χ1) is 19.0. The summed E-state index contributed by atoms with van der Waals surface area (Å²) in [6.45, 7) is 22.0. The Morgan fingerprint density at radius 1 is 0.475 bits per heavy atom. The van der Waals surface area contributed by atoms with Gasteiger partial charge in [-0.25, -0.2) is 0 Å². The van der Waals surface area contributed by atoms with Crippen molar-refractivity contribution in [3.63, 3.8) is 0 Å². The third-order valence-corrected chi connectivity index (χ3v) is 7.53.